The summed E-state index contributed by atoms with van der Waals surface area (Å²) in [5.41, 5.74) is 0. The van der Waals surface area contributed by atoms with Crippen LogP contribution in [0.4, 0.5) is 4.79 Å². The number of likely N-dealkylation sites (tertiary alicyclic amines) is 1. The molecule has 0 aromatic rings. The highest BCUT2D eigenvalue weighted by Crippen LogP contribution is 2.15. The van der Waals surface area contributed by atoms with Crippen LogP contribution in [0.25, 0.3) is 0 Å². The Labute approximate surface area is 104 Å². The van der Waals surface area contributed by atoms with E-state index in [2.05, 4.69) is 10.6 Å². The minimum absolute atomic E-state index is 0.152. The predicted molar refractivity (Wildman–Crippen MR) is 69.0 cm³/mol. The second-order valence-corrected chi connectivity index (χ2v) is 5.26. The summed E-state index contributed by atoms with van der Waals surface area (Å²) >= 11 is 0. The van der Waals surface area contributed by atoms with Gasteiger partial charge in [-0.15, -0.1) is 0 Å². The van der Waals surface area contributed by atoms with E-state index in [9.17, 15) is 4.79 Å². The first-order valence-corrected chi connectivity index (χ1v) is 7.10. The molecule has 2 rings (SSSR count). The van der Waals surface area contributed by atoms with Gasteiger partial charge in [0.25, 0.3) is 0 Å². The van der Waals surface area contributed by atoms with Crippen LogP contribution in [-0.4, -0.2) is 43.7 Å². The first kappa shape index (κ1) is 12.7. The normalized spacial score (nSPS) is 22.5. The summed E-state index contributed by atoms with van der Waals surface area (Å²) in [5.74, 6) is 0.804. The zero-order chi connectivity index (χ0) is 11.9. The van der Waals surface area contributed by atoms with Crippen LogP contribution in [0, 0.1) is 5.92 Å². The lowest BCUT2D eigenvalue weighted by Gasteiger charge is -2.27. The Kier molecular flexibility index (Phi) is 5.10. The Bertz CT molecular complexity index is 233. The molecule has 0 unspecified atom stereocenters. The molecule has 17 heavy (non-hydrogen) atoms. The summed E-state index contributed by atoms with van der Waals surface area (Å²) < 4.78 is 0. The fourth-order valence-electron chi connectivity index (χ4n) is 2.76. The maximum absolute atomic E-state index is 11.8. The molecule has 4 nitrogen and oxygen atoms in total. The summed E-state index contributed by atoms with van der Waals surface area (Å²) in [5, 5.41) is 6.44. The number of rotatable bonds is 3. The molecule has 0 radical (unpaired) electrons. The molecule has 0 saturated carbocycles. The zero-order valence-corrected chi connectivity index (χ0v) is 10.7. The lowest BCUT2D eigenvalue weighted by molar-refractivity contribution is 0.185. The van der Waals surface area contributed by atoms with E-state index < -0.39 is 0 Å². The topological polar surface area (TPSA) is 44.4 Å². The number of amides is 2. The van der Waals surface area contributed by atoms with Crippen molar-refractivity contribution < 1.29 is 4.79 Å². The molecule has 2 saturated heterocycles. The Balaban J connectivity index is 1.58. The van der Waals surface area contributed by atoms with E-state index in [-0.39, 0.29) is 6.03 Å². The number of hydrogen-bond acceptors (Lipinski definition) is 2. The van der Waals surface area contributed by atoms with E-state index in [1.165, 1.54) is 32.1 Å². The Morgan fingerprint density at radius 3 is 2.59 bits per heavy atom. The average molecular weight is 239 g/mol. The van der Waals surface area contributed by atoms with Gasteiger partial charge in [-0.1, -0.05) is 0 Å². The van der Waals surface area contributed by atoms with Gasteiger partial charge in [0.05, 0.1) is 0 Å². The van der Waals surface area contributed by atoms with E-state index in [1.807, 2.05) is 4.90 Å². The fraction of sp³-hybridized carbons (Fsp3) is 0.923. The van der Waals surface area contributed by atoms with Gasteiger partial charge in [0.2, 0.25) is 0 Å². The lowest BCUT2D eigenvalue weighted by atomic mass is 9.95. The van der Waals surface area contributed by atoms with E-state index in [4.69, 9.17) is 0 Å². The van der Waals surface area contributed by atoms with Crippen molar-refractivity contribution in [1.29, 1.82) is 0 Å². The molecule has 2 N–H and O–H groups in total. The maximum atomic E-state index is 11.8. The summed E-state index contributed by atoms with van der Waals surface area (Å²) in [6.45, 7) is 5.02. The maximum Gasteiger partial charge on any atom is 0.317 e. The van der Waals surface area contributed by atoms with Crippen LogP contribution in [0.2, 0.25) is 0 Å². The summed E-state index contributed by atoms with van der Waals surface area (Å²) in [6.07, 6.45) is 7.28. The average Bonchev–Trinajstić information content (AvgIpc) is 2.41. The molecule has 2 aliphatic rings. The molecule has 2 aliphatic heterocycles. The molecule has 2 heterocycles. The van der Waals surface area contributed by atoms with Crippen molar-refractivity contribution in [3.05, 3.63) is 0 Å². The van der Waals surface area contributed by atoms with Crippen molar-refractivity contribution in [2.24, 2.45) is 5.92 Å². The Morgan fingerprint density at radius 1 is 1.18 bits per heavy atom. The summed E-state index contributed by atoms with van der Waals surface area (Å²) in [6, 6.07) is 0.152. The smallest absolute Gasteiger partial charge is 0.317 e. The molecule has 2 fully saturated rings. The van der Waals surface area contributed by atoms with Crippen LogP contribution in [-0.2, 0) is 0 Å². The first-order valence-electron chi connectivity index (χ1n) is 7.10. The number of carbonyl (C=O) groups excluding carboxylic acids is 1. The fourth-order valence-corrected chi connectivity index (χ4v) is 2.76. The molecule has 0 atom stereocenters. The highest BCUT2D eigenvalue weighted by molar-refractivity contribution is 5.74. The molecule has 0 aromatic carbocycles. The molecule has 0 aromatic heterocycles. The van der Waals surface area contributed by atoms with Gasteiger partial charge in [-0.3, -0.25) is 0 Å². The van der Waals surface area contributed by atoms with Crippen LogP contribution < -0.4 is 10.6 Å². The SMILES string of the molecule is O=C(NCCC1CCNCC1)N1CCCCC1. The quantitative estimate of drug-likeness (QED) is 0.785. The minimum atomic E-state index is 0.152. The van der Waals surface area contributed by atoms with Crippen LogP contribution in [0.1, 0.15) is 38.5 Å². The molecule has 98 valence electrons. The number of urea groups is 1. The second-order valence-electron chi connectivity index (χ2n) is 5.26. The van der Waals surface area contributed by atoms with Crippen molar-refractivity contribution in [3.63, 3.8) is 0 Å². The van der Waals surface area contributed by atoms with Crippen molar-refractivity contribution in [3.8, 4) is 0 Å². The van der Waals surface area contributed by atoms with Crippen molar-refractivity contribution in [1.82, 2.24) is 15.5 Å². The van der Waals surface area contributed by atoms with Crippen LogP contribution >= 0.6 is 0 Å². The molecule has 0 aliphatic carbocycles. The van der Waals surface area contributed by atoms with Crippen LogP contribution in [0.3, 0.4) is 0 Å². The third kappa shape index (κ3) is 4.19. The van der Waals surface area contributed by atoms with E-state index in [0.29, 0.717) is 0 Å². The molecule has 0 spiro atoms. The Morgan fingerprint density at radius 2 is 1.88 bits per heavy atom. The monoisotopic (exact) mass is 239 g/mol. The standard InChI is InChI=1S/C13H25N3O/c17-13(16-10-2-1-3-11-16)15-9-6-12-4-7-14-8-5-12/h12,14H,1-11H2,(H,15,17). The van der Waals surface area contributed by atoms with Gasteiger partial charge in [0.15, 0.2) is 0 Å². The van der Waals surface area contributed by atoms with Gasteiger partial charge in [0, 0.05) is 19.6 Å². The lowest BCUT2D eigenvalue weighted by Crippen LogP contribution is -2.43. The number of hydrogen-bond donors (Lipinski definition) is 2. The van der Waals surface area contributed by atoms with Crippen LogP contribution in [0.5, 0.6) is 0 Å². The third-order valence-electron chi connectivity index (χ3n) is 3.93. The van der Waals surface area contributed by atoms with Crippen LogP contribution in [0.15, 0.2) is 0 Å². The largest absolute Gasteiger partial charge is 0.338 e. The molecular formula is C13H25N3O. The summed E-state index contributed by atoms with van der Waals surface area (Å²) in [7, 11) is 0. The van der Waals surface area contributed by atoms with Gasteiger partial charge in [-0.25, -0.2) is 4.79 Å². The number of piperidine rings is 2. The molecule has 0 bridgehead atoms. The van der Waals surface area contributed by atoms with Gasteiger partial charge < -0.3 is 15.5 Å². The van der Waals surface area contributed by atoms with Gasteiger partial charge in [-0.2, -0.15) is 0 Å². The molecular weight excluding hydrogens is 214 g/mol. The van der Waals surface area contributed by atoms with Gasteiger partial charge in [-0.05, 0) is 57.5 Å². The van der Waals surface area contributed by atoms with Crippen molar-refractivity contribution in [2.75, 3.05) is 32.7 Å². The highest BCUT2D eigenvalue weighted by atomic mass is 16.2. The Hall–Kier alpha value is -0.770. The van der Waals surface area contributed by atoms with E-state index in [0.717, 1.165) is 45.1 Å². The first-order chi connectivity index (χ1) is 8.36. The molecule has 4 heteroatoms. The third-order valence-corrected chi connectivity index (χ3v) is 3.93. The van der Waals surface area contributed by atoms with Crippen molar-refractivity contribution >= 4 is 6.03 Å². The van der Waals surface area contributed by atoms with Gasteiger partial charge >= 0.3 is 6.03 Å². The van der Waals surface area contributed by atoms with Crippen molar-refractivity contribution in [2.45, 2.75) is 38.5 Å². The van der Waals surface area contributed by atoms with Gasteiger partial charge in [0.1, 0.15) is 0 Å². The van der Waals surface area contributed by atoms with E-state index in [1.54, 1.807) is 0 Å². The predicted octanol–water partition coefficient (Wildman–Crippen LogP) is 1.57. The number of nitrogens with one attached hydrogen (secondary N) is 2. The number of nitrogens with zero attached hydrogens (tertiary/aromatic N) is 1. The zero-order valence-electron chi connectivity index (χ0n) is 10.7. The number of carbonyl (C=O) groups is 1. The molecule has 2 amide bonds. The second kappa shape index (κ2) is 6.84. The van der Waals surface area contributed by atoms with E-state index >= 15 is 0 Å². The minimum Gasteiger partial charge on any atom is -0.338 e. The highest BCUT2D eigenvalue weighted by Gasteiger charge is 2.17. The summed E-state index contributed by atoms with van der Waals surface area (Å²) in [4.78, 5) is 13.8.